The third-order valence-corrected chi connectivity index (χ3v) is 3.99. The van der Waals surface area contributed by atoms with Crippen LogP contribution in [0.1, 0.15) is 38.5 Å². The normalized spacial score (nSPS) is 17.1. The molecular formula is C11H15F4NaO5S. The van der Waals surface area contributed by atoms with Crippen LogP contribution in [0.15, 0.2) is 0 Å². The van der Waals surface area contributed by atoms with Crippen LogP contribution in [-0.2, 0) is 19.6 Å². The van der Waals surface area contributed by atoms with E-state index in [0.717, 1.165) is 19.3 Å². The van der Waals surface area contributed by atoms with Crippen LogP contribution in [0.3, 0.4) is 0 Å². The molecule has 0 heterocycles. The minimum Gasteiger partial charge on any atom is -0.743 e. The largest absolute Gasteiger partial charge is 1.00 e. The van der Waals surface area contributed by atoms with Crippen LogP contribution in [0.25, 0.3) is 0 Å². The molecule has 0 aromatic carbocycles. The van der Waals surface area contributed by atoms with Crippen molar-refractivity contribution in [2.24, 2.45) is 0 Å². The minimum absolute atomic E-state index is 0. The Morgan fingerprint density at radius 2 is 1.55 bits per heavy atom. The molecule has 11 heteroatoms. The average Bonchev–Trinajstić information content (AvgIpc) is 2.40. The molecule has 1 aliphatic carbocycles. The van der Waals surface area contributed by atoms with Gasteiger partial charge in [0.25, 0.3) is 6.79 Å². The van der Waals surface area contributed by atoms with Gasteiger partial charge in [0.2, 0.25) is 0 Å². The van der Waals surface area contributed by atoms with Gasteiger partial charge < -0.3 is 9.29 Å². The number of rotatable bonds is 6. The van der Waals surface area contributed by atoms with E-state index in [2.05, 4.69) is 6.79 Å². The van der Waals surface area contributed by atoms with Gasteiger partial charge in [0, 0.05) is 6.42 Å². The zero-order chi connectivity index (χ0) is 16.7. The first-order chi connectivity index (χ1) is 9.58. The molecule has 0 N–H and O–H groups in total. The summed E-state index contributed by atoms with van der Waals surface area (Å²) in [4.78, 5) is 7.50. The fourth-order valence-electron chi connectivity index (χ4n) is 1.91. The van der Waals surface area contributed by atoms with E-state index >= 15 is 0 Å². The van der Waals surface area contributed by atoms with Crippen molar-refractivity contribution in [2.75, 3.05) is 6.61 Å². The summed E-state index contributed by atoms with van der Waals surface area (Å²) < 4.78 is 87.1. The molecule has 124 valence electrons. The first kappa shape index (κ1) is 24.5. The van der Waals surface area contributed by atoms with Gasteiger partial charge in [-0.1, -0.05) is 19.3 Å². The Balaban J connectivity index is 0. The van der Waals surface area contributed by atoms with Gasteiger partial charge in [0.05, 0.1) is 12.7 Å². The van der Waals surface area contributed by atoms with Crippen LogP contribution in [0, 0.1) is 0 Å². The smallest absolute Gasteiger partial charge is 0.743 e. The first-order valence-electron chi connectivity index (χ1n) is 6.11. The van der Waals surface area contributed by atoms with Gasteiger partial charge in [-0.15, -0.1) is 0 Å². The number of halogens is 4. The zero-order valence-corrected chi connectivity index (χ0v) is 14.8. The van der Waals surface area contributed by atoms with Crippen molar-refractivity contribution in [3.63, 3.8) is 0 Å². The van der Waals surface area contributed by atoms with Crippen molar-refractivity contribution in [3.8, 4) is 0 Å². The molecule has 0 amide bonds. The number of hydrogen-bond acceptors (Lipinski definition) is 5. The van der Waals surface area contributed by atoms with Crippen LogP contribution in [0.4, 0.5) is 17.6 Å². The van der Waals surface area contributed by atoms with E-state index in [9.17, 15) is 30.5 Å². The van der Waals surface area contributed by atoms with Crippen molar-refractivity contribution >= 4 is 16.9 Å². The van der Waals surface area contributed by atoms with E-state index in [0.29, 0.717) is 12.8 Å². The van der Waals surface area contributed by atoms with Crippen LogP contribution in [0.2, 0.25) is 0 Å². The summed E-state index contributed by atoms with van der Waals surface area (Å²) >= 11 is 0. The number of ether oxygens (including phenoxy) is 1. The molecule has 1 rings (SSSR count). The van der Waals surface area contributed by atoms with Gasteiger partial charge in [-0.05, 0) is 12.8 Å². The van der Waals surface area contributed by atoms with Crippen LogP contribution in [0.5, 0.6) is 0 Å². The van der Waals surface area contributed by atoms with Gasteiger partial charge in [-0.3, -0.25) is 4.79 Å². The molecule has 22 heavy (non-hydrogen) atoms. The number of alkyl halides is 4. The number of hydrogen-bond donors (Lipinski definition) is 0. The fourth-order valence-corrected chi connectivity index (χ4v) is 2.38. The third-order valence-electron chi connectivity index (χ3n) is 3.06. The summed E-state index contributed by atoms with van der Waals surface area (Å²) in [5, 5.41) is -5.62. The summed E-state index contributed by atoms with van der Waals surface area (Å²) in [6, 6.07) is 0. The van der Waals surface area contributed by atoms with E-state index in [4.69, 9.17) is 9.53 Å². The average molecular weight is 358 g/mol. The molecule has 1 saturated carbocycles. The van der Waals surface area contributed by atoms with E-state index in [-0.39, 0.29) is 35.7 Å². The Bertz CT molecular complexity index is 413. The van der Waals surface area contributed by atoms with Crippen LogP contribution >= 0.6 is 0 Å². The molecule has 5 nitrogen and oxygen atoms in total. The second-order valence-corrected chi connectivity index (χ2v) is 5.98. The maximum absolute atomic E-state index is 13.0. The van der Waals surface area contributed by atoms with Crippen molar-refractivity contribution in [3.05, 3.63) is 0 Å². The molecule has 2 radical (unpaired) electrons. The first-order valence-corrected chi connectivity index (χ1v) is 7.52. The maximum Gasteiger partial charge on any atom is 1.00 e. The summed E-state index contributed by atoms with van der Waals surface area (Å²) in [5.74, 6) is -4.93. The second kappa shape index (κ2) is 10.2. The van der Waals surface area contributed by atoms with Crippen molar-refractivity contribution in [2.45, 2.75) is 55.8 Å². The topological polar surface area (TPSA) is 83.5 Å². The molecule has 1 aliphatic rings. The summed E-state index contributed by atoms with van der Waals surface area (Å²) in [6.45, 7) is 3.79. The van der Waals surface area contributed by atoms with Crippen molar-refractivity contribution in [1.82, 2.24) is 0 Å². The molecule has 0 aromatic heterocycles. The van der Waals surface area contributed by atoms with Crippen molar-refractivity contribution in [1.29, 1.82) is 0 Å². The Labute approximate surface area is 148 Å². The van der Waals surface area contributed by atoms with Crippen LogP contribution < -0.4 is 29.6 Å². The Morgan fingerprint density at radius 3 is 1.95 bits per heavy atom. The molecule has 0 saturated heterocycles. The zero-order valence-electron chi connectivity index (χ0n) is 12.0. The predicted octanol–water partition coefficient (Wildman–Crippen LogP) is -0.894. The van der Waals surface area contributed by atoms with E-state index in [1.54, 1.807) is 0 Å². The predicted molar refractivity (Wildman–Crippen MR) is 62.7 cm³/mol. The molecule has 0 aliphatic heterocycles. The summed E-state index contributed by atoms with van der Waals surface area (Å²) in [7, 11) is -6.40. The Kier molecular flexibility index (Phi) is 11.4. The van der Waals surface area contributed by atoms with Gasteiger partial charge in [-0.25, -0.2) is 8.42 Å². The van der Waals surface area contributed by atoms with E-state index in [1.807, 2.05) is 0 Å². The minimum atomic E-state index is -6.40. The molecule has 1 fully saturated rings. The van der Waals surface area contributed by atoms with Gasteiger partial charge in [0.1, 0.15) is 0 Å². The number of carbonyl (C=O) groups excluding carboxylic acids is 1. The van der Waals surface area contributed by atoms with Gasteiger partial charge in [-0.2, -0.15) is 17.6 Å². The second-order valence-electron chi connectivity index (χ2n) is 4.56. The molecule has 0 aromatic rings. The third kappa shape index (κ3) is 6.79. The maximum atomic E-state index is 13.0. The monoisotopic (exact) mass is 358 g/mol. The molecular weight excluding hydrogens is 343 g/mol. The molecule has 0 spiro atoms. The molecule has 0 unspecified atom stereocenters. The van der Waals surface area contributed by atoms with E-state index < -0.39 is 34.3 Å². The SMILES string of the molecule is O=S(=O)([O-])C(F)(F)C(F)(F)CCOC1CCCCC1.[C]=O.[Na+]. The Morgan fingerprint density at radius 1 is 1.09 bits per heavy atom. The Hall–Kier alpha value is 0.260. The van der Waals surface area contributed by atoms with Gasteiger partial charge in [0.15, 0.2) is 10.1 Å². The fraction of sp³-hybridized carbons (Fsp3) is 0.909. The summed E-state index contributed by atoms with van der Waals surface area (Å²) in [6.07, 6.45) is 2.35. The molecule has 0 atom stereocenters. The quantitative estimate of drug-likeness (QED) is 0.349. The van der Waals surface area contributed by atoms with Crippen molar-refractivity contribution < 1.29 is 69.6 Å². The van der Waals surface area contributed by atoms with Crippen LogP contribution in [-0.4, -0.2) is 43.6 Å². The standard InChI is InChI=1S/C10H16F4O4S.CO.Na/c11-9(12,10(13,14)19(15,16)17)6-7-18-8-4-2-1-3-5-8;1-2;/h8H,1-7H2,(H,15,16,17);;/q;;+1/p-1. The molecule has 0 bridgehead atoms. The van der Waals surface area contributed by atoms with E-state index in [1.165, 1.54) is 0 Å². The summed E-state index contributed by atoms with van der Waals surface area (Å²) in [5.41, 5.74) is 0. The van der Waals surface area contributed by atoms with Gasteiger partial charge >= 0.3 is 40.7 Å².